The van der Waals surface area contributed by atoms with Gasteiger partial charge in [-0.15, -0.1) is 0 Å². The van der Waals surface area contributed by atoms with Crippen LogP contribution in [-0.2, 0) is 4.74 Å². The van der Waals surface area contributed by atoms with Gasteiger partial charge in [-0.2, -0.15) is 0 Å². The Morgan fingerprint density at radius 2 is 2.00 bits per heavy atom. The van der Waals surface area contributed by atoms with E-state index in [4.69, 9.17) is 10.5 Å². The fourth-order valence-corrected chi connectivity index (χ4v) is 3.57. The third-order valence-electron chi connectivity index (χ3n) is 4.42. The lowest BCUT2D eigenvalue weighted by Crippen LogP contribution is -2.51. The van der Waals surface area contributed by atoms with Gasteiger partial charge in [0.2, 0.25) is 0 Å². The van der Waals surface area contributed by atoms with Gasteiger partial charge in [-0.1, -0.05) is 0 Å². The molecular weight excluding hydrogens is 262 g/mol. The van der Waals surface area contributed by atoms with Crippen LogP contribution >= 0.6 is 0 Å². The fourth-order valence-electron chi connectivity index (χ4n) is 3.57. The summed E-state index contributed by atoms with van der Waals surface area (Å²) in [6.07, 6.45) is 3.52. The van der Waals surface area contributed by atoms with Gasteiger partial charge in [0.25, 0.3) is 0 Å². The zero-order chi connectivity index (χ0) is 14.1. The number of ether oxygens (including phenoxy) is 1. The van der Waals surface area contributed by atoms with E-state index in [1.807, 2.05) is 0 Å². The van der Waals surface area contributed by atoms with E-state index in [0.717, 1.165) is 31.9 Å². The SMILES string of the molecule is NCC(c1cc(F)cc(F)c1)N1CCOC2CCCC21. The molecular formula is C15H20F2N2O. The Kier molecular flexibility index (Phi) is 4.01. The Labute approximate surface area is 117 Å². The molecule has 0 spiro atoms. The second-order valence-corrected chi connectivity index (χ2v) is 5.60. The van der Waals surface area contributed by atoms with Gasteiger partial charge in [-0.25, -0.2) is 8.78 Å². The Balaban J connectivity index is 1.88. The molecule has 0 aromatic heterocycles. The van der Waals surface area contributed by atoms with E-state index in [0.29, 0.717) is 24.8 Å². The molecule has 1 aromatic carbocycles. The minimum Gasteiger partial charge on any atom is -0.375 e. The summed E-state index contributed by atoms with van der Waals surface area (Å²) in [5, 5.41) is 0. The van der Waals surface area contributed by atoms with Gasteiger partial charge in [0.15, 0.2) is 0 Å². The van der Waals surface area contributed by atoms with Crippen molar-refractivity contribution in [1.82, 2.24) is 4.90 Å². The number of fused-ring (bicyclic) bond motifs is 1. The van der Waals surface area contributed by atoms with Gasteiger partial charge in [0.1, 0.15) is 11.6 Å². The highest BCUT2D eigenvalue weighted by atomic mass is 19.1. The van der Waals surface area contributed by atoms with Crippen molar-refractivity contribution in [3.05, 3.63) is 35.4 Å². The van der Waals surface area contributed by atoms with Crippen LogP contribution < -0.4 is 5.73 Å². The number of rotatable bonds is 3. The summed E-state index contributed by atoms with van der Waals surface area (Å²) in [5.41, 5.74) is 6.51. The van der Waals surface area contributed by atoms with Crippen molar-refractivity contribution in [1.29, 1.82) is 0 Å². The molecule has 2 N–H and O–H groups in total. The standard InChI is InChI=1S/C15H20F2N2O/c16-11-6-10(7-12(17)8-11)14(9-18)19-4-5-20-15-3-1-2-13(15)19/h6-8,13-15H,1-5,9,18H2. The number of nitrogens with two attached hydrogens (primary N) is 1. The molecule has 1 heterocycles. The maximum Gasteiger partial charge on any atom is 0.126 e. The summed E-state index contributed by atoms with van der Waals surface area (Å²) in [5.74, 6) is -1.09. The highest BCUT2D eigenvalue weighted by molar-refractivity contribution is 5.22. The molecule has 2 fully saturated rings. The van der Waals surface area contributed by atoms with E-state index in [1.54, 1.807) is 0 Å². The largest absolute Gasteiger partial charge is 0.375 e. The number of morpholine rings is 1. The van der Waals surface area contributed by atoms with Crippen molar-refractivity contribution < 1.29 is 13.5 Å². The predicted molar refractivity (Wildman–Crippen MR) is 72.2 cm³/mol. The summed E-state index contributed by atoms with van der Waals surface area (Å²) >= 11 is 0. The molecule has 1 aliphatic carbocycles. The van der Waals surface area contributed by atoms with Crippen molar-refractivity contribution in [3.63, 3.8) is 0 Å². The van der Waals surface area contributed by atoms with E-state index in [9.17, 15) is 8.78 Å². The quantitative estimate of drug-likeness (QED) is 0.924. The average molecular weight is 282 g/mol. The second kappa shape index (κ2) is 5.76. The van der Waals surface area contributed by atoms with Crippen LogP contribution in [0.15, 0.2) is 18.2 Å². The van der Waals surface area contributed by atoms with Crippen LogP contribution in [0.4, 0.5) is 8.78 Å². The molecule has 3 nitrogen and oxygen atoms in total. The van der Waals surface area contributed by atoms with Gasteiger partial charge in [0.05, 0.1) is 12.7 Å². The van der Waals surface area contributed by atoms with E-state index >= 15 is 0 Å². The lowest BCUT2D eigenvalue weighted by atomic mass is 10.0. The van der Waals surface area contributed by atoms with Crippen molar-refractivity contribution in [2.45, 2.75) is 37.5 Å². The van der Waals surface area contributed by atoms with Crippen LogP contribution in [-0.4, -0.2) is 36.7 Å². The van der Waals surface area contributed by atoms with Crippen molar-refractivity contribution in [3.8, 4) is 0 Å². The second-order valence-electron chi connectivity index (χ2n) is 5.60. The lowest BCUT2D eigenvalue weighted by Gasteiger charge is -2.42. The number of benzene rings is 1. The minimum atomic E-state index is -0.547. The monoisotopic (exact) mass is 282 g/mol. The van der Waals surface area contributed by atoms with Crippen molar-refractivity contribution in [2.75, 3.05) is 19.7 Å². The molecule has 2 aliphatic rings. The Morgan fingerprint density at radius 3 is 2.70 bits per heavy atom. The molecule has 20 heavy (non-hydrogen) atoms. The van der Waals surface area contributed by atoms with Crippen LogP contribution in [0, 0.1) is 11.6 Å². The normalized spacial score (nSPS) is 28.4. The predicted octanol–water partition coefficient (Wildman–Crippen LogP) is 2.22. The lowest BCUT2D eigenvalue weighted by molar-refractivity contribution is -0.0712. The highest BCUT2D eigenvalue weighted by Gasteiger charge is 2.39. The molecule has 3 unspecified atom stereocenters. The van der Waals surface area contributed by atoms with Gasteiger partial charge in [-0.05, 0) is 37.0 Å². The molecule has 1 aromatic rings. The van der Waals surface area contributed by atoms with E-state index in [-0.39, 0.29) is 12.1 Å². The maximum atomic E-state index is 13.4. The third kappa shape index (κ3) is 2.57. The summed E-state index contributed by atoms with van der Waals surface area (Å²) in [6.45, 7) is 1.78. The number of hydrogen-bond donors (Lipinski definition) is 1. The van der Waals surface area contributed by atoms with Gasteiger partial charge in [0, 0.05) is 31.2 Å². The van der Waals surface area contributed by atoms with Crippen molar-refractivity contribution >= 4 is 0 Å². The molecule has 110 valence electrons. The molecule has 5 heteroatoms. The van der Waals surface area contributed by atoms with Gasteiger partial charge >= 0.3 is 0 Å². The van der Waals surface area contributed by atoms with Crippen LogP contribution in [0.5, 0.6) is 0 Å². The third-order valence-corrected chi connectivity index (χ3v) is 4.42. The average Bonchev–Trinajstić information content (AvgIpc) is 2.87. The first-order valence-corrected chi connectivity index (χ1v) is 7.22. The smallest absolute Gasteiger partial charge is 0.126 e. The van der Waals surface area contributed by atoms with Gasteiger partial charge in [-0.3, -0.25) is 4.90 Å². The fraction of sp³-hybridized carbons (Fsp3) is 0.600. The molecule has 1 aliphatic heterocycles. The first kappa shape index (κ1) is 13.9. The van der Waals surface area contributed by atoms with Crippen LogP contribution in [0.2, 0.25) is 0 Å². The summed E-state index contributed by atoms with van der Waals surface area (Å²) in [6, 6.07) is 3.85. The van der Waals surface area contributed by atoms with E-state index < -0.39 is 11.6 Å². The van der Waals surface area contributed by atoms with Crippen LogP contribution in [0.1, 0.15) is 30.9 Å². The Hall–Kier alpha value is -1.04. The van der Waals surface area contributed by atoms with E-state index in [1.165, 1.54) is 12.1 Å². The van der Waals surface area contributed by atoms with Crippen LogP contribution in [0.3, 0.4) is 0 Å². The molecule has 3 atom stereocenters. The zero-order valence-corrected chi connectivity index (χ0v) is 11.4. The Bertz CT molecular complexity index is 463. The van der Waals surface area contributed by atoms with Crippen molar-refractivity contribution in [2.24, 2.45) is 5.73 Å². The Morgan fingerprint density at radius 1 is 1.25 bits per heavy atom. The molecule has 0 radical (unpaired) electrons. The molecule has 1 saturated carbocycles. The van der Waals surface area contributed by atoms with E-state index in [2.05, 4.69) is 4.90 Å². The topological polar surface area (TPSA) is 38.5 Å². The zero-order valence-electron chi connectivity index (χ0n) is 11.4. The van der Waals surface area contributed by atoms with Gasteiger partial charge < -0.3 is 10.5 Å². The first-order chi connectivity index (χ1) is 9.69. The molecule has 0 amide bonds. The minimum absolute atomic E-state index is 0.144. The first-order valence-electron chi connectivity index (χ1n) is 7.22. The summed E-state index contributed by atoms with van der Waals surface area (Å²) in [4.78, 5) is 2.27. The maximum absolute atomic E-state index is 13.4. The molecule has 1 saturated heterocycles. The number of nitrogens with zero attached hydrogens (tertiary/aromatic N) is 1. The molecule has 3 rings (SSSR count). The van der Waals surface area contributed by atoms with Crippen LogP contribution in [0.25, 0.3) is 0 Å². The molecule has 0 bridgehead atoms. The highest BCUT2D eigenvalue weighted by Crippen LogP contribution is 2.35. The number of halogens is 2. The number of hydrogen-bond acceptors (Lipinski definition) is 3. The summed E-state index contributed by atoms with van der Waals surface area (Å²) in [7, 11) is 0. The summed E-state index contributed by atoms with van der Waals surface area (Å²) < 4.78 is 32.7.